The van der Waals surface area contributed by atoms with Crippen molar-refractivity contribution in [3.63, 3.8) is 0 Å². The molecule has 2 aromatic carbocycles. The van der Waals surface area contributed by atoms with Gasteiger partial charge in [-0.3, -0.25) is 4.98 Å². The van der Waals surface area contributed by atoms with Gasteiger partial charge in [0.1, 0.15) is 5.69 Å². The molecule has 0 aliphatic carbocycles. The summed E-state index contributed by atoms with van der Waals surface area (Å²) in [4.78, 5) is 13.9. The molecular weight excluding hydrogens is 693 g/mol. The van der Waals surface area contributed by atoms with Crippen LogP contribution in [0.5, 0.6) is 5.88 Å². The van der Waals surface area contributed by atoms with Crippen molar-refractivity contribution in [2.45, 2.75) is 14.4 Å². The first-order valence-electron chi connectivity index (χ1n) is 12.5. The van der Waals surface area contributed by atoms with Crippen LogP contribution in [0.3, 0.4) is 0 Å². The van der Waals surface area contributed by atoms with Crippen LogP contribution in [0.2, 0.25) is 5.02 Å². The third kappa shape index (κ3) is 5.25. The summed E-state index contributed by atoms with van der Waals surface area (Å²) in [7, 11) is 1.86. The number of imidazole rings is 1. The Morgan fingerprint density at radius 1 is 1.05 bits per heavy atom. The van der Waals surface area contributed by atoms with E-state index >= 15 is 0 Å². The fourth-order valence-electron chi connectivity index (χ4n) is 4.79. The highest BCUT2D eigenvalue weighted by atomic mass is 127. The first kappa shape index (κ1) is 30.3. The van der Waals surface area contributed by atoms with Gasteiger partial charge in [0.25, 0.3) is 0 Å². The van der Waals surface area contributed by atoms with Crippen LogP contribution in [0, 0.1) is 0 Å². The number of rotatable bonds is 8. The maximum Gasteiger partial charge on any atom is 0.332 e. The summed E-state index contributed by atoms with van der Waals surface area (Å²) in [5, 5.41) is 13.3. The second-order valence-corrected chi connectivity index (χ2v) is 15.5. The highest BCUT2D eigenvalue weighted by molar-refractivity contribution is 14.2. The third-order valence-electron chi connectivity index (χ3n) is 7.04. The number of aliphatic hydroxyl groups is 1. The molecule has 3 heterocycles. The van der Waals surface area contributed by atoms with E-state index < -0.39 is 39.5 Å². The number of methoxy groups -OCH3 is 1. The third-order valence-corrected chi connectivity index (χ3v) is 10.4. The molecule has 1 unspecified atom stereocenters. The summed E-state index contributed by atoms with van der Waals surface area (Å²) in [6, 6.07) is 15.7. The molecule has 0 aliphatic rings. The fraction of sp³-hybridized carbons (Fsp3) is 0.161. The zero-order valence-electron chi connectivity index (χ0n) is 23.1. The Labute approximate surface area is 258 Å². The van der Waals surface area contributed by atoms with Gasteiger partial charge in [-0.05, 0) is 73.3 Å². The summed E-state index contributed by atoms with van der Waals surface area (Å²) in [6.07, 6.45) is 6.35. The quantitative estimate of drug-likeness (QED) is 0.105. The number of aryl methyl sites for hydroxylation is 1. The number of alkyl halides is 3. The highest BCUT2D eigenvalue weighted by Crippen LogP contribution is 2.44. The van der Waals surface area contributed by atoms with Crippen molar-refractivity contribution >= 4 is 68.7 Å². The summed E-state index contributed by atoms with van der Waals surface area (Å²) in [5.41, 5.74) is 0.867. The monoisotopic (exact) mass is 720 g/mol. The first-order valence-corrected chi connectivity index (χ1v) is 17.8. The molecule has 0 spiro atoms. The lowest BCUT2D eigenvalue weighted by Gasteiger charge is -2.30. The van der Waals surface area contributed by atoms with Crippen molar-refractivity contribution in [3.05, 3.63) is 101 Å². The van der Waals surface area contributed by atoms with E-state index in [1.165, 1.54) is 31.6 Å². The standard InChI is InChI=1S/C31H28ClF2IN4O2S/c1-35-31(33,34)25-14-10-21(16-37-25)30(40,26-17-36-18-39(26)2)20-9-13-24-23(15-20)28(32)27(29(38-24)41-3)19-7-11-22(12-8-19)42(4,5)6/h7-18,40H,1,4-5H2,2-3,6H3. The number of benzene rings is 2. The molecule has 0 saturated carbocycles. The van der Waals surface area contributed by atoms with Gasteiger partial charge in [0, 0.05) is 24.2 Å². The van der Waals surface area contributed by atoms with Crippen LogP contribution < -0.4 is 4.74 Å². The van der Waals surface area contributed by atoms with Crippen LogP contribution in [0.25, 0.3) is 22.0 Å². The van der Waals surface area contributed by atoms with Gasteiger partial charge in [0.2, 0.25) is 5.88 Å². The number of halogens is 4. The van der Waals surface area contributed by atoms with E-state index in [1.807, 2.05) is 30.5 Å². The second-order valence-electron chi connectivity index (χ2n) is 10.0. The zero-order valence-corrected chi connectivity index (χ0v) is 26.8. The minimum Gasteiger partial charge on any atom is -0.480 e. The zero-order chi connectivity index (χ0) is 30.4. The Morgan fingerprint density at radius 2 is 1.74 bits per heavy atom. The number of aromatic nitrogens is 4. The molecule has 5 aromatic rings. The molecule has 0 aliphatic heterocycles. The minimum atomic E-state index is -3.08. The van der Waals surface area contributed by atoms with Crippen molar-refractivity contribution in [1.82, 2.24) is 19.5 Å². The van der Waals surface area contributed by atoms with Crippen LogP contribution in [-0.4, -0.2) is 54.2 Å². The van der Waals surface area contributed by atoms with Gasteiger partial charge in [-0.1, -0.05) is 52.1 Å². The van der Waals surface area contributed by atoms with Crippen molar-refractivity contribution in [3.8, 4) is 17.0 Å². The number of ether oxygens (including phenoxy) is 1. The fourth-order valence-corrected chi connectivity index (χ4v) is 6.63. The molecule has 3 aromatic heterocycles. The lowest BCUT2D eigenvalue weighted by atomic mass is 9.83. The number of hydrogen-bond donors (Lipinski definition) is 1. The maximum atomic E-state index is 14.3. The van der Waals surface area contributed by atoms with Crippen LogP contribution >= 0.6 is 41.5 Å². The Balaban J connectivity index is 1.72. The molecular formula is C31H28ClF2IN4O2S. The average molecular weight is 721 g/mol. The molecule has 1 N–H and O–H groups in total. The van der Waals surface area contributed by atoms with Crippen molar-refractivity contribution in [2.75, 3.05) is 13.4 Å². The number of nitrogens with zero attached hydrogens (tertiary/aromatic N) is 4. The Morgan fingerprint density at radius 3 is 2.29 bits per heavy atom. The van der Waals surface area contributed by atoms with E-state index in [4.69, 9.17) is 21.3 Å². The van der Waals surface area contributed by atoms with Crippen molar-refractivity contribution in [1.29, 1.82) is 0 Å². The molecule has 11 heteroatoms. The second kappa shape index (κ2) is 11.1. The molecule has 218 valence electrons. The molecule has 42 heavy (non-hydrogen) atoms. The van der Waals surface area contributed by atoms with E-state index in [-0.39, 0.29) is 11.3 Å². The normalized spacial score (nSPS) is 13.7. The summed E-state index contributed by atoms with van der Waals surface area (Å²) in [5.74, 6) is 8.71. The van der Waals surface area contributed by atoms with Gasteiger partial charge < -0.3 is 14.4 Å². The SMILES string of the molecule is C=IC(F)(F)c1ccc(C(O)(c2ccc3nc(OC)c(-c4ccc(S(=C)(=C)C)cc4)c(Cl)c3c2)c2cncn2C)cn1. The van der Waals surface area contributed by atoms with Gasteiger partial charge in [-0.15, -0.1) is 0 Å². The maximum absolute atomic E-state index is 14.3. The minimum absolute atomic E-state index is 0.285. The summed E-state index contributed by atoms with van der Waals surface area (Å²) >= 11 is 5.40. The predicted octanol–water partition coefficient (Wildman–Crippen LogP) is 7.09. The number of pyridine rings is 2. The molecule has 0 radical (unpaired) electrons. The van der Waals surface area contributed by atoms with Gasteiger partial charge in [0.05, 0.1) is 41.4 Å². The van der Waals surface area contributed by atoms with E-state index in [0.717, 1.165) is 10.5 Å². The van der Waals surface area contributed by atoms with Gasteiger partial charge >= 0.3 is 3.93 Å². The topological polar surface area (TPSA) is 73.1 Å². The van der Waals surface area contributed by atoms with E-state index in [9.17, 15) is 13.9 Å². The van der Waals surface area contributed by atoms with Gasteiger partial charge in [0.15, 0.2) is 5.60 Å². The molecule has 5 rings (SSSR count). The Hall–Kier alpha value is -3.19. The van der Waals surface area contributed by atoms with Crippen LogP contribution in [0.15, 0.2) is 78.2 Å². The number of hydrogen-bond acceptors (Lipinski definition) is 5. The van der Waals surface area contributed by atoms with Crippen LogP contribution in [0.1, 0.15) is 22.5 Å². The summed E-state index contributed by atoms with van der Waals surface area (Å²) in [6.45, 7) is 0. The van der Waals surface area contributed by atoms with Crippen LogP contribution in [0.4, 0.5) is 8.78 Å². The lowest BCUT2D eigenvalue weighted by Crippen LogP contribution is -2.31. The molecule has 1 atom stereocenters. The predicted molar refractivity (Wildman–Crippen MR) is 179 cm³/mol. The van der Waals surface area contributed by atoms with E-state index in [1.54, 1.807) is 36.1 Å². The largest absolute Gasteiger partial charge is 0.480 e. The summed E-state index contributed by atoms with van der Waals surface area (Å²) < 4.78 is 36.3. The molecule has 0 bridgehead atoms. The highest BCUT2D eigenvalue weighted by Gasteiger charge is 2.38. The Bertz CT molecular complexity index is 1930. The van der Waals surface area contributed by atoms with Crippen molar-refractivity contribution in [2.24, 2.45) is 7.05 Å². The molecule has 0 amide bonds. The lowest BCUT2D eigenvalue weighted by molar-refractivity contribution is 0.113. The molecule has 0 fully saturated rings. The molecule has 0 saturated heterocycles. The smallest absolute Gasteiger partial charge is 0.332 e. The number of fused-ring (bicyclic) bond motifs is 1. The van der Waals surface area contributed by atoms with E-state index in [0.29, 0.717) is 38.6 Å². The molecule has 6 nitrogen and oxygen atoms in total. The Kier molecular flexibility index (Phi) is 8.03. The van der Waals surface area contributed by atoms with Gasteiger partial charge in [-0.25, -0.2) is 9.97 Å². The first-order chi connectivity index (χ1) is 19.8. The van der Waals surface area contributed by atoms with Crippen molar-refractivity contribution < 1.29 is 18.6 Å². The average Bonchev–Trinajstić information content (AvgIpc) is 3.42. The van der Waals surface area contributed by atoms with Gasteiger partial charge in [-0.2, -0.15) is 18.0 Å². The van der Waals surface area contributed by atoms with Crippen LogP contribution in [-0.2, 0) is 16.6 Å². The van der Waals surface area contributed by atoms with E-state index in [2.05, 4.69) is 26.2 Å².